The van der Waals surface area contributed by atoms with Crippen LogP contribution in [0.2, 0.25) is 0 Å². The fourth-order valence-electron chi connectivity index (χ4n) is 3.00. The van der Waals surface area contributed by atoms with E-state index in [-0.39, 0.29) is 0 Å². The third kappa shape index (κ3) is 2.16. The fraction of sp³-hybridized carbons (Fsp3) is 0.167. The number of rotatable bonds is 2. The number of hydrogen-bond donors (Lipinski definition) is 0. The van der Waals surface area contributed by atoms with Crippen LogP contribution in [-0.4, -0.2) is 4.98 Å². The number of alkyl halides is 1. The Bertz CT molecular complexity index is 788. The lowest BCUT2D eigenvalue weighted by Crippen LogP contribution is -2.16. The summed E-state index contributed by atoms with van der Waals surface area (Å²) in [5, 5.41) is 1.15. The molecule has 0 saturated heterocycles. The van der Waals surface area contributed by atoms with E-state index in [0.29, 0.717) is 5.88 Å². The predicted octanol–water partition coefficient (Wildman–Crippen LogP) is 4.49. The van der Waals surface area contributed by atoms with Gasteiger partial charge in [-0.1, -0.05) is 42.5 Å². The van der Waals surface area contributed by atoms with Crippen molar-refractivity contribution in [2.24, 2.45) is 0 Å². The molecule has 1 aliphatic heterocycles. The lowest BCUT2D eigenvalue weighted by molar-refractivity contribution is 0.860. The van der Waals surface area contributed by atoms with Crippen molar-refractivity contribution in [1.29, 1.82) is 0 Å². The number of fused-ring (bicyclic) bond motifs is 2. The quantitative estimate of drug-likeness (QED) is 0.647. The standard InChI is InChI=1S/C18H15ClN2/c19-10-15-9-18(20-17-8-4-3-7-16(15)17)21-11-13-5-1-2-6-14(13)12-21/h1-9H,10-12H2. The van der Waals surface area contributed by atoms with Crippen LogP contribution >= 0.6 is 11.6 Å². The number of para-hydroxylation sites is 1. The van der Waals surface area contributed by atoms with Gasteiger partial charge < -0.3 is 4.90 Å². The van der Waals surface area contributed by atoms with Crippen molar-refractivity contribution in [3.8, 4) is 0 Å². The molecule has 0 aliphatic carbocycles. The average Bonchev–Trinajstić information content (AvgIpc) is 2.98. The highest BCUT2D eigenvalue weighted by Crippen LogP contribution is 2.30. The van der Waals surface area contributed by atoms with E-state index in [0.717, 1.165) is 35.4 Å². The van der Waals surface area contributed by atoms with E-state index < -0.39 is 0 Å². The van der Waals surface area contributed by atoms with Crippen LogP contribution in [0.1, 0.15) is 16.7 Å². The van der Waals surface area contributed by atoms with E-state index in [1.807, 2.05) is 12.1 Å². The number of halogens is 1. The molecular weight excluding hydrogens is 280 g/mol. The highest BCUT2D eigenvalue weighted by Gasteiger charge is 2.20. The van der Waals surface area contributed by atoms with Gasteiger partial charge in [0.05, 0.1) is 5.52 Å². The Morgan fingerprint density at radius 2 is 1.62 bits per heavy atom. The van der Waals surface area contributed by atoms with Gasteiger partial charge in [0, 0.05) is 24.4 Å². The molecule has 2 heterocycles. The van der Waals surface area contributed by atoms with Crippen LogP contribution in [0.25, 0.3) is 10.9 Å². The van der Waals surface area contributed by atoms with Gasteiger partial charge in [0.25, 0.3) is 0 Å². The second-order valence-corrected chi connectivity index (χ2v) is 5.68. The number of benzene rings is 2. The van der Waals surface area contributed by atoms with Crippen molar-refractivity contribution in [1.82, 2.24) is 4.98 Å². The van der Waals surface area contributed by atoms with Gasteiger partial charge in [-0.15, -0.1) is 11.6 Å². The Balaban J connectivity index is 1.78. The summed E-state index contributed by atoms with van der Waals surface area (Å²) in [5.74, 6) is 1.53. The highest BCUT2D eigenvalue weighted by molar-refractivity contribution is 6.18. The lowest BCUT2D eigenvalue weighted by atomic mass is 10.1. The molecule has 0 bridgehead atoms. The molecule has 2 nitrogen and oxygen atoms in total. The zero-order valence-electron chi connectivity index (χ0n) is 11.6. The van der Waals surface area contributed by atoms with Gasteiger partial charge in [-0.25, -0.2) is 4.98 Å². The minimum Gasteiger partial charge on any atom is -0.348 e. The Morgan fingerprint density at radius 3 is 2.33 bits per heavy atom. The van der Waals surface area contributed by atoms with Crippen molar-refractivity contribution in [3.05, 3.63) is 71.3 Å². The first-order valence-corrected chi connectivity index (χ1v) is 7.65. The van der Waals surface area contributed by atoms with Crippen molar-refractivity contribution >= 4 is 28.3 Å². The topological polar surface area (TPSA) is 16.1 Å². The second kappa shape index (κ2) is 5.05. The van der Waals surface area contributed by atoms with Gasteiger partial charge in [0.1, 0.15) is 5.82 Å². The van der Waals surface area contributed by atoms with E-state index in [1.54, 1.807) is 0 Å². The van der Waals surface area contributed by atoms with Gasteiger partial charge in [0.15, 0.2) is 0 Å². The van der Waals surface area contributed by atoms with Crippen molar-refractivity contribution < 1.29 is 0 Å². The normalized spacial score (nSPS) is 13.7. The van der Waals surface area contributed by atoms with Crippen molar-refractivity contribution in [2.75, 3.05) is 4.90 Å². The first-order chi connectivity index (χ1) is 10.3. The Kier molecular flexibility index (Phi) is 3.04. The van der Waals surface area contributed by atoms with Gasteiger partial charge in [0.2, 0.25) is 0 Å². The SMILES string of the molecule is ClCc1cc(N2Cc3ccccc3C2)nc2ccccc12. The van der Waals surface area contributed by atoms with Crippen LogP contribution in [0.3, 0.4) is 0 Å². The van der Waals surface area contributed by atoms with E-state index in [1.165, 1.54) is 11.1 Å². The summed E-state index contributed by atoms with van der Waals surface area (Å²) in [7, 11) is 0. The highest BCUT2D eigenvalue weighted by atomic mass is 35.5. The molecule has 0 radical (unpaired) electrons. The lowest BCUT2D eigenvalue weighted by Gasteiger charge is -2.18. The van der Waals surface area contributed by atoms with Crippen LogP contribution in [0.4, 0.5) is 5.82 Å². The molecule has 3 aromatic rings. The summed E-state index contributed by atoms with van der Waals surface area (Å²) in [5.41, 5.74) is 4.94. The molecule has 0 atom stereocenters. The molecule has 0 fully saturated rings. The molecule has 4 rings (SSSR count). The van der Waals surface area contributed by atoms with Crippen LogP contribution < -0.4 is 4.90 Å². The largest absolute Gasteiger partial charge is 0.348 e. The Hall–Kier alpha value is -2.06. The number of anilines is 1. The van der Waals surface area contributed by atoms with E-state index in [9.17, 15) is 0 Å². The molecule has 21 heavy (non-hydrogen) atoms. The maximum atomic E-state index is 6.13. The third-order valence-corrected chi connectivity index (χ3v) is 4.39. The fourth-order valence-corrected chi connectivity index (χ4v) is 3.22. The predicted molar refractivity (Wildman–Crippen MR) is 87.6 cm³/mol. The Morgan fingerprint density at radius 1 is 0.952 bits per heavy atom. The second-order valence-electron chi connectivity index (χ2n) is 5.42. The Labute approximate surface area is 129 Å². The average molecular weight is 295 g/mol. The summed E-state index contributed by atoms with van der Waals surface area (Å²) in [6.07, 6.45) is 0. The van der Waals surface area contributed by atoms with Crippen LogP contribution in [0.15, 0.2) is 54.6 Å². The van der Waals surface area contributed by atoms with Crippen LogP contribution in [-0.2, 0) is 19.0 Å². The van der Waals surface area contributed by atoms with E-state index in [4.69, 9.17) is 16.6 Å². The molecule has 3 heteroatoms. The smallest absolute Gasteiger partial charge is 0.130 e. The molecule has 0 amide bonds. The summed E-state index contributed by atoms with van der Waals surface area (Å²) in [4.78, 5) is 7.13. The minimum absolute atomic E-state index is 0.511. The number of aromatic nitrogens is 1. The summed E-state index contributed by atoms with van der Waals surface area (Å²) >= 11 is 6.13. The molecule has 0 saturated carbocycles. The van der Waals surface area contributed by atoms with Crippen molar-refractivity contribution in [3.63, 3.8) is 0 Å². The van der Waals surface area contributed by atoms with Gasteiger partial charge in [-0.2, -0.15) is 0 Å². The zero-order valence-corrected chi connectivity index (χ0v) is 12.3. The van der Waals surface area contributed by atoms with Crippen molar-refractivity contribution in [2.45, 2.75) is 19.0 Å². The third-order valence-electron chi connectivity index (χ3n) is 4.10. The zero-order chi connectivity index (χ0) is 14.2. The summed E-state index contributed by atoms with van der Waals surface area (Å²) in [6, 6.07) is 18.9. The molecule has 0 N–H and O–H groups in total. The summed E-state index contributed by atoms with van der Waals surface area (Å²) < 4.78 is 0. The maximum Gasteiger partial charge on any atom is 0.130 e. The molecule has 0 unspecified atom stereocenters. The number of pyridine rings is 1. The number of hydrogen-bond acceptors (Lipinski definition) is 2. The van der Waals surface area contributed by atoms with Crippen LogP contribution in [0, 0.1) is 0 Å². The summed E-state index contributed by atoms with van der Waals surface area (Å²) in [6.45, 7) is 1.84. The number of nitrogens with zero attached hydrogens (tertiary/aromatic N) is 2. The maximum absolute atomic E-state index is 6.13. The first kappa shape index (κ1) is 12.7. The molecule has 1 aliphatic rings. The van der Waals surface area contributed by atoms with Gasteiger partial charge >= 0.3 is 0 Å². The molecule has 104 valence electrons. The first-order valence-electron chi connectivity index (χ1n) is 7.11. The van der Waals surface area contributed by atoms with Crippen LogP contribution in [0.5, 0.6) is 0 Å². The minimum atomic E-state index is 0.511. The van der Waals surface area contributed by atoms with E-state index in [2.05, 4.69) is 47.4 Å². The molecular formula is C18H15ClN2. The molecule has 2 aromatic carbocycles. The monoisotopic (exact) mass is 294 g/mol. The molecule has 1 aromatic heterocycles. The van der Waals surface area contributed by atoms with E-state index >= 15 is 0 Å². The van der Waals surface area contributed by atoms with Gasteiger partial charge in [-0.05, 0) is 28.8 Å². The molecule has 0 spiro atoms. The van der Waals surface area contributed by atoms with Gasteiger partial charge in [-0.3, -0.25) is 0 Å².